The number of hydrogen-bond donors (Lipinski definition) is 7. The molecule has 8 bridgehead atoms. The van der Waals surface area contributed by atoms with Crippen molar-refractivity contribution < 1.29 is 56.3 Å². The van der Waals surface area contributed by atoms with Crippen molar-refractivity contribution in [3.8, 4) is 44.5 Å². The van der Waals surface area contributed by atoms with E-state index < -0.39 is 78.8 Å². The third-order valence-corrected chi connectivity index (χ3v) is 15.6. The van der Waals surface area contributed by atoms with Gasteiger partial charge in [0.05, 0.1) is 55.1 Å². The standard InChI is InChI=1S/C49H33FN6O14S4/c50-34-25-56(49(58)55-48(34)57)24-30-23-29(7-22-43(30)74(68,69)70)47-41-20-18-39(53-41)45(27-3-10-32(11-4-27)72(62,63)64)37-16-14-35(51-37)44(26-1-8-31(9-2-26)71(59,60)61)36-15-17-38(52-36)46(40-19-21-42(47)54-40)28-5-12-33(13-6-28)73(65,66)67/h1-23,25,51,54H,24H2,(H,55,57,58)(H,59,60,61)(H,62,63,64)(H,65,66,67)(H,68,69,70). The van der Waals surface area contributed by atoms with E-state index in [1.54, 1.807) is 48.6 Å². The second kappa shape index (κ2) is 18.0. The summed E-state index contributed by atoms with van der Waals surface area (Å²) in [6.45, 7) is -0.669. The summed E-state index contributed by atoms with van der Waals surface area (Å²) < 4.78 is 154. The van der Waals surface area contributed by atoms with Gasteiger partial charge in [-0.1, -0.05) is 42.5 Å². The normalized spacial score (nSPS) is 12.9. The minimum Gasteiger partial charge on any atom is -0.354 e. The fraction of sp³-hybridized carbons (Fsp3) is 0.0204. The average Bonchev–Trinajstić information content (AvgIpc) is 4.19. The number of nitrogens with zero attached hydrogens (tertiary/aromatic N) is 3. The largest absolute Gasteiger partial charge is 0.354 e. The minimum atomic E-state index is -5.01. The average molecular weight is 1080 g/mol. The van der Waals surface area contributed by atoms with Gasteiger partial charge in [0.1, 0.15) is 0 Å². The zero-order valence-electron chi connectivity index (χ0n) is 37.3. The number of hydrogen-bond acceptors (Lipinski definition) is 12. The van der Waals surface area contributed by atoms with Crippen LogP contribution in [0.2, 0.25) is 0 Å². The van der Waals surface area contributed by atoms with Crippen LogP contribution in [0.25, 0.3) is 90.9 Å². The van der Waals surface area contributed by atoms with E-state index in [0.29, 0.717) is 77.6 Å². The van der Waals surface area contributed by atoms with Crippen LogP contribution in [0.4, 0.5) is 4.39 Å². The number of benzene rings is 4. The van der Waals surface area contributed by atoms with E-state index in [2.05, 4.69) is 9.97 Å². The van der Waals surface area contributed by atoms with Crippen LogP contribution in [0.15, 0.2) is 151 Å². The maximum Gasteiger partial charge on any atom is 0.328 e. The van der Waals surface area contributed by atoms with Crippen LogP contribution in [0.5, 0.6) is 0 Å². The predicted molar refractivity (Wildman–Crippen MR) is 270 cm³/mol. The van der Waals surface area contributed by atoms with Crippen LogP contribution in [0.3, 0.4) is 0 Å². The molecular formula is C49H33FN6O14S4. The molecule has 0 aliphatic carbocycles. The molecule has 0 fully saturated rings. The van der Waals surface area contributed by atoms with E-state index in [0.717, 1.165) is 6.07 Å². The van der Waals surface area contributed by atoms with E-state index in [1.165, 1.54) is 84.9 Å². The van der Waals surface area contributed by atoms with Crippen molar-refractivity contribution in [2.45, 2.75) is 26.1 Å². The van der Waals surface area contributed by atoms with Crippen molar-refractivity contribution in [3.63, 3.8) is 0 Å². The van der Waals surface area contributed by atoms with E-state index >= 15 is 0 Å². The molecule has 6 heterocycles. The highest BCUT2D eigenvalue weighted by Gasteiger charge is 2.23. The van der Waals surface area contributed by atoms with Gasteiger partial charge < -0.3 is 9.97 Å². The zero-order valence-corrected chi connectivity index (χ0v) is 40.6. The highest BCUT2D eigenvalue weighted by molar-refractivity contribution is 7.86. The summed E-state index contributed by atoms with van der Waals surface area (Å²) in [5.74, 6) is -1.35. The second-order valence-corrected chi connectivity index (χ2v) is 22.3. The molecule has 0 radical (unpaired) electrons. The summed E-state index contributed by atoms with van der Waals surface area (Å²) in [7, 11) is -18.9. The van der Waals surface area contributed by atoms with Gasteiger partial charge in [-0.05, 0) is 125 Å². The molecule has 0 saturated carbocycles. The Morgan fingerprint density at radius 1 is 0.446 bits per heavy atom. The van der Waals surface area contributed by atoms with Gasteiger partial charge in [0.25, 0.3) is 46.0 Å². The van der Waals surface area contributed by atoms with E-state index in [9.17, 15) is 65.9 Å². The SMILES string of the molecule is O=c1[nH]c(=O)n(Cc2cc(-c3c4nc(c(-c5ccc(S(=O)(=O)O)cc5)c5ccc([nH]5)c(-c5ccc(S(=O)(=O)O)cc5)c5nc(c(-c6ccc(S(=O)(=O)O)cc6)c6ccc3[nH]6)C=C5)C=C4)ccc2S(=O)(=O)O)cc1F. The first-order valence-corrected chi connectivity index (χ1v) is 27.2. The molecule has 2 aliphatic heterocycles. The van der Waals surface area contributed by atoms with Gasteiger partial charge in [-0.15, -0.1) is 0 Å². The van der Waals surface area contributed by atoms with E-state index in [4.69, 9.17) is 9.97 Å². The third kappa shape index (κ3) is 9.47. The fourth-order valence-electron chi connectivity index (χ4n) is 8.69. The Labute approximate surface area is 417 Å². The monoisotopic (exact) mass is 1080 g/mol. The summed E-state index contributed by atoms with van der Waals surface area (Å²) in [4.78, 5) is 41.6. The molecular weight excluding hydrogens is 1040 g/mol. The minimum absolute atomic E-state index is 0.219. The molecule has 0 spiro atoms. The summed E-state index contributed by atoms with van der Waals surface area (Å²) in [5, 5.41) is 0. The van der Waals surface area contributed by atoms with Crippen molar-refractivity contribution in [1.82, 2.24) is 29.5 Å². The lowest BCUT2D eigenvalue weighted by Gasteiger charge is -2.13. The maximum atomic E-state index is 14.5. The lowest BCUT2D eigenvalue weighted by atomic mass is 10.0. The first-order chi connectivity index (χ1) is 34.9. The van der Waals surface area contributed by atoms with Crippen LogP contribution < -0.4 is 11.2 Å². The van der Waals surface area contributed by atoms with E-state index in [1.807, 2.05) is 4.98 Å². The molecule has 7 N–H and O–H groups in total. The zero-order chi connectivity index (χ0) is 52.6. The Bertz CT molecular complexity index is 4480. The van der Waals surface area contributed by atoms with Crippen LogP contribution in [-0.2, 0) is 47.0 Å². The lowest BCUT2D eigenvalue weighted by Crippen LogP contribution is -2.31. The van der Waals surface area contributed by atoms with Gasteiger partial charge >= 0.3 is 5.69 Å². The molecule has 0 amide bonds. The Kier molecular flexibility index (Phi) is 12.0. The molecule has 8 aromatic rings. The first kappa shape index (κ1) is 49.3. The predicted octanol–water partition coefficient (Wildman–Crippen LogP) is 7.35. The van der Waals surface area contributed by atoms with Gasteiger partial charge in [0.15, 0.2) is 0 Å². The molecule has 0 unspecified atom stereocenters. The number of halogens is 1. The van der Waals surface area contributed by atoms with E-state index in [-0.39, 0.29) is 33.0 Å². The second-order valence-electron chi connectivity index (χ2n) is 16.7. The van der Waals surface area contributed by atoms with Gasteiger partial charge in [-0.3, -0.25) is 32.6 Å². The quantitative estimate of drug-likeness (QED) is 0.0658. The van der Waals surface area contributed by atoms with Crippen LogP contribution in [0, 0.1) is 5.82 Å². The molecule has 20 nitrogen and oxygen atoms in total. The van der Waals surface area contributed by atoms with Crippen molar-refractivity contribution in [2.75, 3.05) is 0 Å². The summed E-state index contributed by atoms with van der Waals surface area (Å²) in [6.07, 6.45) is 7.18. The molecule has 4 aromatic heterocycles. The molecule has 4 aromatic carbocycles. The summed E-state index contributed by atoms with van der Waals surface area (Å²) in [5.41, 5.74) is 2.86. The van der Waals surface area contributed by atoms with Crippen molar-refractivity contribution in [3.05, 3.63) is 176 Å². The molecule has 2 aliphatic rings. The smallest absolute Gasteiger partial charge is 0.328 e. The first-order valence-electron chi connectivity index (χ1n) is 21.4. The molecule has 10 rings (SSSR count). The fourth-order valence-corrected chi connectivity index (χ4v) is 10.8. The van der Waals surface area contributed by atoms with Gasteiger partial charge in [-0.25, -0.2) is 14.8 Å². The third-order valence-electron chi connectivity index (χ3n) is 12.0. The molecule has 25 heteroatoms. The van der Waals surface area contributed by atoms with Crippen LogP contribution in [0.1, 0.15) is 28.3 Å². The summed E-state index contributed by atoms with van der Waals surface area (Å²) >= 11 is 0. The molecule has 74 heavy (non-hydrogen) atoms. The topological polar surface area (TPSA) is 330 Å². The number of fused-ring (bicyclic) bond motifs is 8. The van der Waals surface area contributed by atoms with Crippen LogP contribution >= 0.6 is 0 Å². The Hall–Kier alpha value is -8.27. The lowest BCUT2D eigenvalue weighted by molar-refractivity contribution is 0.479. The molecule has 374 valence electrons. The van der Waals surface area contributed by atoms with Crippen molar-refractivity contribution in [2.24, 2.45) is 0 Å². The van der Waals surface area contributed by atoms with Gasteiger partial charge in [0.2, 0.25) is 5.82 Å². The number of nitrogens with one attached hydrogen (secondary N) is 3. The van der Waals surface area contributed by atoms with Gasteiger partial charge in [0, 0.05) is 44.3 Å². The Morgan fingerprint density at radius 2 is 0.784 bits per heavy atom. The Balaban J connectivity index is 1.34. The highest BCUT2D eigenvalue weighted by atomic mass is 32.2. The summed E-state index contributed by atoms with van der Waals surface area (Å²) in [6, 6.07) is 26.3. The highest BCUT2D eigenvalue weighted by Crippen LogP contribution is 2.40. The number of aromatic nitrogens is 6. The van der Waals surface area contributed by atoms with Gasteiger partial charge in [-0.2, -0.15) is 38.1 Å². The van der Waals surface area contributed by atoms with Crippen molar-refractivity contribution in [1.29, 1.82) is 0 Å². The molecule has 0 saturated heterocycles. The maximum absolute atomic E-state index is 14.5. The number of H-pyrrole nitrogens is 3. The van der Waals surface area contributed by atoms with Crippen LogP contribution in [-0.4, -0.2) is 81.4 Å². The number of rotatable bonds is 10. The Morgan fingerprint density at radius 3 is 1.12 bits per heavy atom. The molecule has 0 atom stereocenters. The number of aromatic amines is 3. The van der Waals surface area contributed by atoms with Crippen molar-refractivity contribution >= 4 is 86.8 Å².